The molecule has 1 aromatic carbocycles. The standard InChI is InChI=1S/C12H10N4.C2H6/c1-8-10(5-13-6-14-8)9-3-2-4-11-12(9)16-7-15-11;1-2/h2-7H,1H3,(H,15,16);1-2H3. The smallest absolute Gasteiger partial charge is 0.115 e. The summed E-state index contributed by atoms with van der Waals surface area (Å²) < 4.78 is 0. The van der Waals surface area contributed by atoms with Crippen molar-refractivity contribution in [2.24, 2.45) is 0 Å². The van der Waals surface area contributed by atoms with Crippen molar-refractivity contribution in [3.63, 3.8) is 0 Å². The zero-order valence-electron chi connectivity index (χ0n) is 10.8. The molecular weight excluding hydrogens is 224 g/mol. The number of nitrogens with zero attached hydrogens (tertiary/aromatic N) is 3. The largest absolute Gasteiger partial charge is 0.345 e. The summed E-state index contributed by atoms with van der Waals surface area (Å²) in [5.74, 6) is 0. The van der Waals surface area contributed by atoms with Crippen LogP contribution in [0.2, 0.25) is 0 Å². The van der Waals surface area contributed by atoms with Crippen LogP contribution in [0.5, 0.6) is 0 Å². The van der Waals surface area contributed by atoms with Crippen LogP contribution in [0.1, 0.15) is 19.5 Å². The van der Waals surface area contributed by atoms with Crippen molar-refractivity contribution < 1.29 is 0 Å². The average Bonchev–Trinajstić information content (AvgIpc) is 2.90. The van der Waals surface area contributed by atoms with Gasteiger partial charge in [-0.25, -0.2) is 15.0 Å². The number of imidazole rings is 1. The van der Waals surface area contributed by atoms with Crippen molar-refractivity contribution in [3.05, 3.63) is 42.7 Å². The Labute approximate surface area is 106 Å². The van der Waals surface area contributed by atoms with Gasteiger partial charge in [0.15, 0.2) is 0 Å². The lowest BCUT2D eigenvalue weighted by Crippen LogP contribution is -1.89. The molecule has 0 radical (unpaired) electrons. The van der Waals surface area contributed by atoms with E-state index in [9.17, 15) is 0 Å². The molecule has 0 aliphatic rings. The molecule has 1 N–H and O–H groups in total. The van der Waals surface area contributed by atoms with Gasteiger partial charge in [0, 0.05) is 23.0 Å². The third-order valence-corrected chi connectivity index (χ3v) is 2.65. The van der Waals surface area contributed by atoms with Gasteiger partial charge in [-0.15, -0.1) is 0 Å². The maximum Gasteiger partial charge on any atom is 0.115 e. The molecule has 0 atom stereocenters. The zero-order valence-corrected chi connectivity index (χ0v) is 10.8. The number of nitrogens with one attached hydrogen (secondary N) is 1. The molecule has 0 saturated heterocycles. The van der Waals surface area contributed by atoms with Gasteiger partial charge >= 0.3 is 0 Å². The lowest BCUT2D eigenvalue weighted by atomic mass is 10.0. The fraction of sp³-hybridized carbons (Fsp3) is 0.214. The molecular formula is C14H16N4. The number of H-pyrrole nitrogens is 1. The Morgan fingerprint density at radius 3 is 2.67 bits per heavy atom. The Morgan fingerprint density at radius 2 is 1.89 bits per heavy atom. The molecule has 2 aromatic heterocycles. The molecule has 0 spiro atoms. The topological polar surface area (TPSA) is 54.5 Å². The summed E-state index contributed by atoms with van der Waals surface area (Å²) in [6.07, 6.45) is 5.09. The van der Waals surface area contributed by atoms with Crippen LogP contribution >= 0.6 is 0 Å². The van der Waals surface area contributed by atoms with E-state index in [1.54, 1.807) is 12.7 Å². The second-order valence-corrected chi connectivity index (χ2v) is 3.63. The van der Waals surface area contributed by atoms with Crippen LogP contribution in [0, 0.1) is 6.92 Å². The Bertz CT molecular complexity index is 643. The summed E-state index contributed by atoms with van der Waals surface area (Å²) in [6.45, 7) is 5.97. The van der Waals surface area contributed by atoms with Gasteiger partial charge in [-0.2, -0.15) is 0 Å². The Morgan fingerprint density at radius 1 is 1.06 bits per heavy atom. The summed E-state index contributed by atoms with van der Waals surface area (Å²) in [5.41, 5.74) is 5.05. The lowest BCUT2D eigenvalue weighted by Gasteiger charge is -2.04. The predicted molar refractivity (Wildman–Crippen MR) is 73.2 cm³/mol. The van der Waals surface area contributed by atoms with E-state index >= 15 is 0 Å². The quantitative estimate of drug-likeness (QED) is 0.709. The monoisotopic (exact) mass is 240 g/mol. The first-order valence-corrected chi connectivity index (χ1v) is 6.05. The molecule has 92 valence electrons. The van der Waals surface area contributed by atoms with Gasteiger partial charge in [0.1, 0.15) is 6.33 Å². The average molecular weight is 240 g/mol. The fourth-order valence-corrected chi connectivity index (χ4v) is 1.84. The van der Waals surface area contributed by atoms with Crippen LogP contribution in [0.15, 0.2) is 37.1 Å². The number of hydrogen-bond acceptors (Lipinski definition) is 3. The first-order valence-electron chi connectivity index (χ1n) is 6.05. The molecule has 0 aliphatic carbocycles. The van der Waals surface area contributed by atoms with E-state index in [0.717, 1.165) is 27.9 Å². The van der Waals surface area contributed by atoms with Gasteiger partial charge in [-0.05, 0) is 13.0 Å². The first-order chi connectivity index (χ1) is 8.86. The van der Waals surface area contributed by atoms with Gasteiger partial charge in [-0.1, -0.05) is 26.0 Å². The number of benzene rings is 1. The van der Waals surface area contributed by atoms with Crippen molar-refractivity contribution >= 4 is 11.0 Å². The summed E-state index contributed by atoms with van der Waals surface area (Å²) in [6, 6.07) is 6.04. The minimum absolute atomic E-state index is 0.959. The number of rotatable bonds is 1. The van der Waals surface area contributed by atoms with Crippen LogP contribution in [0.4, 0.5) is 0 Å². The minimum atomic E-state index is 0.959. The highest BCUT2D eigenvalue weighted by molar-refractivity contribution is 5.91. The number of para-hydroxylation sites is 1. The summed E-state index contributed by atoms with van der Waals surface area (Å²) in [7, 11) is 0. The maximum atomic E-state index is 4.33. The Hall–Kier alpha value is -2.23. The van der Waals surface area contributed by atoms with Crippen molar-refractivity contribution in [1.29, 1.82) is 0 Å². The van der Waals surface area contributed by atoms with E-state index in [1.165, 1.54) is 0 Å². The number of aromatic amines is 1. The highest BCUT2D eigenvalue weighted by Crippen LogP contribution is 2.27. The molecule has 0 unspecified atom stereocenters. The lowest BCUT2D eigenvalue weighted by molar-refractivity contribution is 1.11. The highest BCUT2D eigenvalue weighted by atomic mass is 14.9. The summed E-state index contributed by atoms with van der Waals surface area (Å²) in [5, 5.41) is 0. The summed E-state index contributed by atoms with van der Waals surface area (Å²) in [4.78, 5) is 15.7. The molecule has 2 heterocycles. The highest BCUT2D eigenvalue weighted by Gasteiger charge is 2.08. The van der Waals surface area contributed by atoms with Crippen LogP contribution in [-0.4, -0.2) is 19.9 Å². The SMILES string of the molecule is CC.Cc1ncncc1-c1cccc2[nH]cnc12. The molecule has 3 rings (SSSR count). The summed E-state index contributed by atoms with van der Waals surface area (Å²) >= 11 is 0. The third-order valence-electron chi connectivity index (χ3n) is 2.65. The molecule has 4 heteroatoms. The number of fused-ring (bicyclic) bond motifs is 1. The Balaban J connectivity index is 0.000000574. The van der Waals surface area contributed by atoms with Crippen molar-refractivity contribution in [2.45, 2.75) is 20.8 Å². The predicted octanol–water partition coefficient (Wildman–Crippen LogP) is 3.35. The molecule has 18 heavy (non-hydrogen) atoms. The third kappa shape index (κ3) is 2.09. The van der Waals surface area contributed by atoms with Gasteiger partial charge < -0.3 is 4.98 Å². The molecule has 0 saturated carbocycles. The van der Waals surface area contributed by atoms with Crippen molar-refractivity contribution in [3.8, 4) is 11.1 Å². The molecule has 0 amide bonds. The van der Waals surface area contributed by atoms with Gasteiger partial charge in [0.05, 0.1) is 17.4 Å². The number of aryl methyl sites for hydroxylation is 1. The van der Waals surface area contributed by atoms with Gasteiger partial charge in [0.25, 0.3) is 0 Å². The van der Waals surface area contributed by atoms with E-state index in [-0.39, 0.29) is 0 Å². The van der Waals surface area contributed by atoms with Crippen molar-refractivity contribution in [1.82, 2.24) is 19.9 Å². The molecule has 4 nitrogen and oxygen atoms in total. The first kappa shape index (κ1) is 12.2. The zero-order chi connectivity index (χ0) is 13.0. The molecule has 3 aromatic rings. The van der Waals surface area contributed by atoms with Crippen LogP contribution in [0.3, 0.4) is 0 Å². The maximum absolute atomic E-state index is 4.33. The second kappa shape index (κ2) is 5.40. The van der Waals surface area contributed by atoms with Crippen LogP contribution < -0.4 is 0 Å². The molecule has 0 aliphatic heterocycles. The number of hydrogen-bond donors (Lipinski definition) is 1. The van der Waals surface area contributed by atoms with Crippen LogP contribution in [-0.2, 0) is 0 Å². The van der Waals surface area contributed by atoms with Gasteiger partial charge in [-0.3, -0.25) is 0 Å². The van der Waals surface area contributed by atoms with E-state index in [2.05, 4.69) is 19.9 Å². The second-order valence-electron chi connectivity index (χ2n) is 3.63. The van der Waals surface area contributed by atoms with Crippen LogP contribution in [0.25, 0.3) is 22.2 Å². The minimum Gasteiger partial charge on any atom is -0.345 e. The Kier molecular flexibility index (Phi) is 3.67. The normalized spacial score (nSPS) is 9.94. The van der Waals surface area contributed by atoms with E-state index in [4.69, 9.17) is 0 Å². The van der Waals surface area contributed by atoms with Crippen molar-refractivity contribution in [2.75, 3.05) is 0 Å². The molecule has 0 fully saturated rings. The van der Waals surface area contributed by atoms with E-state index < -0.39 is 0 Å². The van der Waals surface area contributed by atoms with E-state index in [1.807, 2.05) is 45.2 Å². The number of aromatic nitrogens is 4. The van der Waals surface area contributed by atoms with E-state index in [0.29, 0.717) is 0 Å². The fourth-order valence-electron chi connectivity index (χ4n) is 1.84. The van der Waals surface area contributed by atoms with Gasteiger partial charge in [0.2, 0.25) is 0 Å². The molecule has 0 bridgehead atoms.